The van der Waals surface area contributed by atoms with Crippen LogP contribution in [0.1, 0.15) is 35.6 Å². The van der Waals surface area contributed by atoms with E-state index in [1.807, 2.05) is 44.4 Å². The largest absolute Gasteiger partial charge is 0.466 e. The quantitative estimate of drug-likeness (QED) is 0.830. The molecule has 0 aliphatic carbocycles. The highest BCUT2D eigenvalue weighted by molar-refractivity contribution is 7.98. The molecule has 0 fully saturated rings. The van der Waals surface area contributed by atoms with Gasteiger partial charge in [-0.05, 0) is 45.2 Å². The first kappa shape index (κ1) is 14.5. The number of aryl methyl sites for hydroxylation is 2. The summed E-state index contributed by atoms with van der Waals surface area (Å²) in [5.41, 5.74) is 2.69. The summed E-state index contributed by atoms with van der Waals surface area (Å²) in [5.74, 6) is 1.83. The van der Waals surface area contributed by atoms with Gasteiger partial charge >= 0.3 is 0 Å². The van der Waals surface area contributed by atoms with Crippen LogP contribution in [0.25, 0.3) is 0 Å². The van der Waals surface area contributed by atoms with Gasteiger partial charge in [-0.25, -0.2) is 0 Å². The molecule has 0 aliphatic rings. The fraction of sp³-hybridized carbons (Fsp3) is 0.312. The van der Waals surface area contributed by atoms with Gasteiger partial charge in [-0.3, -0.25) is 0 Å². The lowest BCUT2D eigenvalue weighted by Crippen LogP contribution is -2.08. The Balaban J connectivity index is 2.31. The topological polar surface area (TPSA) is 49.0 Å². The maximum atomic E-state index is 9.35. The molecule has 104 valence electrons. The molecule has 0 amide bonds. The lowest BCUT2D eigenvalue weighted by molar-refractivity contribution is 0.500. The molecular weight excluding hydrogens is 268 g/mol. The number of nitrogens with one attached hydrogen (secondary N) is 1. The van der Waals surface area contributed by atoms with Crippen molar-refractivity contribution >= 4 is 17.4 Å². The summed E-state index contributed by atoms with van der Waals surface area (Å²) < 4.78 is 5.57. The number of rotatable bonds is 4. The van der Waals surface area contributed by atoms with Crippen molar-refractivity contribution in [3.8, 4) is 6.07 Å². The first-order valence-electron chi connectivity index (χ1n) is 6.47. The molecule has 0 saturated heterocycles. The number of furan rings is 1. The minimum atomic E-state index is 0.0941. The Bertz CT molecular complexity index is 655. The van der Waals surface area contributed by atoms with E-state index in [2.05, 4.69) is 18.3 Å². The highest BCUT2D eigenvalue weighted by Gasteiger charge is 2.15. The zero-order valence-corrected chi connectivity index (χ0v) is 13.0. The molecule has 1 aromatic heterocycles. The predicted octanol–water partition coefficient (Wildman–Crippen LogP) is 4.66. The van der Waals surface area contributed by atoms with Gasteiger partial charge in [0.25, 0.3) is 0 Å². The molecule has 1 unspecified atom stereocenters. The van der Waals surface area contributed by atoms with Gasteiger partial charge in [0, 0.05) is 10.5 Å². The van der Waals surface area contributed by atoms with Crippen LogP contribution in [0.3, 0.4) is 0 Å². The molecule has 3 nitrogen and oxygen atoms in total. The second-order valence-electron chi connectivity index (χ2n) is 4.73. The molecular formula is C16H18N2OS. The van der Waals surface area contributed by atoms with E-state index in [-0.39, 0.29) is 6.04 Å². The number of benzene rings is 1. The highest BCUT2D eigenvalue weighted by Crippen LogP contribution is 2.30. The van der Waals surface area contributed by atoms with Crippen LogP contribution in [0.2, 0.25) is 0 Å². The van der Waals surface area contributed by atoms with Gasteiger partial charge < -0.3 is 9.73 Å². The standard InChI is InChI=1S/C16H18N2OS/c1-10-8-13(12(3)19-10)11(2)18-15-6-5-7-16(20-4)14(15)9-17/h5-8,11,18H,1-4H3. The molecule has 0 spiro atoms. The van der Waals surface area contributed by atoms with Crippen molar-refractivity contribution in [2.75, 3.05) is 11.6 Å². The maximum Gasteiger partial charge on any atom is 0.106 e. The van der Waals surface area contributed by atoms with Crippen LogP contribution in [0.5, 0.6) is 0 Å². The Morgan fingerprint density at radius 2 is 2.10 bits per heavy atom. The average molecular weight is 286 g/mol. The van der Waals surface area contributed by atoms with E-state index in [0.29, 0.717) is 5.56 Å². The summed E-state index contributed by atoms with van der Waals surface area (Å²) in [6, 6.07) is 10.3. The molecule has 0 bridgehead atoms. The van der Waals surface area contributed by atoms with Gasteiger partial charge in [-0.2, -0.15) is 5.26 Å². The second kappa shape index (κ2) is 6.06. The SMILES string of the molecule is CSc1cccc(NC(C)c2cc(C)oc2C)c1C#N. The number of thioether (sulfide) groups is 1. The van der Waals surface area contributed by atoms with Crippen molar-refractivity contribution in [1.29, 1.82) is 5.26 Å². The van der Waals surface area contributed by atoms with Crippen molar-refractivity contribution < 1.29 is 4.42 Å². The van der Waals surface area contributed by atoms with Crippen molar-refractivity contribution in [3.63, 3.8) is 0 Å². The highest BCUT2D eigenvalue weighted by atomic mass is 32.2. The average Bonchev–Trinajstić information content (AvgIpc) is 2.77. The molecule has 0 aliphatic heterocycles. The number of hydrogen-bond acceptors (Lipinski definition) is 4. The monoisotopic (exact) mass is 286 g/mol. The van der Waals surface area contributed by atoms with Crippen LogP contribution in [0.4, 0.5) is 5.69 Å². The first-order valence-corrected chi connectivity index (χ1v) is 7.70. The fourth-order valence-electron chi connectivity index (χ4n) is 2.33. The summed E-state index contributed by atoms with van der Waals surface area (Å²) >= 11 is 1.58. The van der Waals surface area contributed by atoms with Gasteiger partial charge in [0.2, 0.25) is 0 Å². The maximum absolute atomic E-state index is 9.35. The molecule has 1 atom stereocenters. The second-order valence-corrected chi connectivity index (χ2v) is 5.58. The zero-order chi connectivity index (χ0) is 14.7. The smallest absolute Gasteiger partial charge is 0.106 e. The minimum absolute atomic E-state index is 0.0941. The molecule has 2 rings (SSSR count). The Hall–Kier alpha value is -1.86. The molecule has 2 aromatic rings. The predicted molar refractivity (Wildman–Crippen MR) is 83.2 cm³/mol. The number of anilines is 1. The van der Waals surface area contributed by atoms with Gasteiger partial charge in [-0.1, -0.05) is 6.07 Å². The third-order valence-electron chi connectivity index (χ3n) is 3.28. The van der Waals surface area contributed by atoms with Gasteiger partial charge in [0.15, 0.2) is 0 Å². The molecule has 20 heavy (non-hydrogen) atoms. The summed E-state index contributed by atoms with van der Waals surface area (Å²) in [7, 11) is 0. The van der Waals surface area contributed by atoms with E-state index in [1.54, 1.807) is 11.8 Å². The third kappa shape index (κ3) is 2.83. The van der Waals surface area contributed by atoms with E-state index in [1.165, 1.54) is 0 Å². The normalized spacial score (nSPS) is 11.9. The summed E-state index contributed by atoms with van der Waals surface area (Å²) in [4.78, 5) is 0.991. The Morgan fingerprint density at radius 1 is 1.35 bits per heavy atom. The molecule has 1 N–H and O–H groups in total. The third-order valence-corrected chi connectivity index (χ3v) is 4.06. The van der Waals surface area contributed by atoms with Crippen molar-refractivity contribution in [2.45, 2.75) is 31.7 Å². The van der Waals surface area contributed by atoms with Crippen LogP contribution in [0.15, 0.2) is 33.6 Å². The first-order chi connectivity index (χ1) is 9.56. The molecule has 1 aromatic carbocycles. The van der Waals surface area contributed by atoms with Gasteiger partial charge in [0.05, 0.1) is 17.3 Å². The summed E-state index contributed by atoms with van der Waals surface area (Å²) in [5, 5.41) is 12.8. The van der Waals surface area contributed by atoms with E-state index < -0.39 is 0 Å². The van der Waals surface area contributed by atoms with Crippen LogP contribution < -0.4 is 5.32 Å². The molecule has 0 saturated carbocycles. The lowest BCUT2D eigenvalue weighted by Gasteiger charge is -2.16. The van der Waals surface area contributed by atoms with Crippen molar-refractivity contribution in [2.24, 2.45) is 0 Å². The van der Waals surface area contributed by atoms with Crippen LogP contribution in [0, 0.1) is 25.2 Å². The van der Waals surface area contributed by atoms with Gasteiger partial charge in [0.1, 0.15) is 17.6 Å². The Morgan fingerprint density at radius 3 is 2.65 bits per heavy atom. The van der Waals surface area contributed by atoms with Crippen LogP contribution in [-0.2, 0) is 0 Å². The number of hydrogen-bond donors (Lipinski definition) is 1. The van der Waals surface area contributed by atoms with E-state index in [0.717, 1.165) is 27.7 Å². The van der Waals surface area contributed by atoms with E-state index in [9.17, 15) is 5.26 Å². The fourth-order valence-corrected chi connectivity index (χ4v) is 2.90. The van der Waals surface area contributed by atoms with Crippen LogP contribution >= 0.6 is 11.8 Å². The Labute approximate surface area is 124 Å². The van der Waals surface area contributed by atoms with Gasteiger partial charge in [-0.15, -0.1) is 11.8 Å². The number of nitrogens with zero attached hydrogens (tertiary/aromatic N) is 1. The van der Waals surface area contributed by atoms with E-state index >= 15 is 0 Å². The van der Waals surface area contributed by atoms with Crippen molar-refractivity contribution in [1.82, 2.24) is 0 Å². The van der Waals surface area contributed by atoms with Crippen molar-refractivity contribution in [3.05, 3.63) is 46.9 Å². The number of nitriles is 1. The summed E-state index contributed by atoms with van der Waals surface area (Å²) in [6.07, 6.45) is 1.98. The van der Waals surface area contributed by atoms with Crippen LogP contribution in [-0.4, -0.2) is 6.26 Å². The zero-order valence-electron chi connectivity index (χ0n) is 12.2. The molecule has 4 heteroatoms. The Kier molecular flexibility index (Phi) is 4.41. The van der Waals surface area contributed by atoms with E-state index in [4.69, 9.17) is 4.42 Å². The molecule has 1 heterocycles. The molecule has 0 radical (unpaired) electrons. The minimum Gasteiger partial charge on any atom is -0.466 e. The lowest BCUT2D eigenvalue weighted by atomic mass is 10.1. The summed E-state index contributed by atoms with van der Waals surface area (Å²) in [6.45, 7) is 5.98.